The number of allylic oxidation sites excluding steroid dienone is 1. The molecule has 6 heteroatoms. The molecule has 2 heterocycles. The van der Waals surface area contributed by atoms with Crippen molar-refractivity contribution < 1.29 is 9.47 Å². The Morgan fingerprint density at radius 3 is 2.79 bits per heavy atom. The summed E-state index contributed by atoms with van der Waals surface area (Å²) in [5.41, 5.74) is 4.54. The van der Waals surface area contributed by atoms with Crippen LogP contribution in [-0.4, -0.2) is 43.4 Å². The summed E-state index contributed by atoms with van der Waals surface area (Å²) in [6.45, 7) is 4.32. The standard InChI is InChI=1S/C23H30N4O2/c1-28-12-2-11-24-15-17-3-6-20(7-4-17)26-23-25-16-19-5-8-21(22(19)27-23)18-9-13-29-14-10-18/h3-8,16,18,21,24H,2,9-15H2,1H3,(H,25,26,27). The van der Waals surface area contributed by atoms with Crippen LogP contribution in [0.4, 0.5) is 11.6 Å². The second-order valence-corrected chi connectivity index (χ2v) is 7.71. The maximum atomic E-state index is 5.52. The van der Waals surface area contributed by atoms with Gasteiger partial charge >= 0.3 is 0 Å². The van der Waals surface area contributed by atoms with Crippen LogP contribution in [0.2, 0.25) is 0 Å². The minimum Gasteiger partial charge on any atom is -0.385 e. The van der Waals surface area contributed by atoms with E-state index in [9.17, 15) is 0 Å². The Hall–Kier alpha value is -2.28. The van der Waals surface area contributed by atoms with E-state index in [-0.39, 0.29) is 0 Å². The average molecular weight is 395 g/mol. The molecular formula is C23H30N4O2. The molecule has 2 aliphatic rings. The highest BCUT2D eigenvalue weighted by Gasteiger charge is 2.29. The predicted molar refractivity (Wildman–Crippen MR) is 115 cm³/mol. The van der Waals surface area contributed by atoms with Gasteiger partial charge in [0, 0.05) is 56.8 Å². The van der Waals surface area contributed by atoms with Crippen molar-refractivity contribution in [3.05, 3.63) is 53.4 Å². The van der Waals surface area contributed by atoms with Gasteiger partial charge in [0.25, 0.3) is 0 Å². The minimum atomic E-state index is 0.379. The summed E-state index contributed by atoms with van der Waals surface area (Å²) in [7, 11) is 1.73. The number of anilines is 2. The predicted octanol–water partition coefficient (Wildman–Crippen LogP) is 3.88. The summed E-state index contributed by atoms with van der Waals surface area (Å²) >= 11 is 0. The molecule has 29 heavy (non-hydrogen) atoms. The van der Waals surface area contributed by atoms with E-state index in [2.05, 4.69) is 52.0 Å². The average Bonchev–Trinajstić information content (AvgIpc) is 3.19. The summed E-state index contributed by atoms with van der Waals surface area (Å²) in [5, 5.41) is 6.79. The lowest BCUT2D eigenvalue weighted by Crippen LogP contribution is -2.21. The summed E-state index contributed by atoms with van der Waals surface area (Å²) in [6, 6.07) is 8.42. The van der Waals surface area contributed by atoms with Gasteiger partial charge in [-0.3, -0.25) is 0 Å². The molecule has 1 unspecified atom stereocenters. The van der Waals surface area contributed by atoms with Crippen LogP contribution in [0, 0.1) is 5.92 Å². The molecule has 1 aromatic carbocycles. The number of ether oxygens (including phenoxy) is 2. The number of nitrogens with zero attached hydrogens (tertiary/aromatic N) is 2. The number of rotatable bonds is 9. The Balaban J connectivity index is 1.35. The first-order valence-corrected chi connectivity index (χ1v) is 10.5. The summed E-state index contributed by atoms with van der Waals surface area (Å²) < 4.78 is 10.6. The van der Waals surface area contributed by atoms with Gasteiger partial charge in [-0.05, 0) is 49.4 Å². The second-order valence-electron chi connectivity index (χ2n) is 7.71. The van der Waals surface area contributed by atoms with E-state index in [0.29, 0.717) is 17.8 Å². The zero-order valence-electron chi connectivity index (χ0n) is 17.1. The zero-order chi connectivity index (χ0) is 19.9. The summed E-state index contributed by atoms with van der Waals surface area (Å²) in [6.07, 6.45) is 9.60. The SMILES string of the molecule is COCCCNCc1ccc(Nc2ncc3c(n2)C(C2CCOCC2)C=C3)cc1. The third-order valence-corrected chi connectivity index (χ3v) is 5.66. The monoisotopic (exact) mass is 394 g/mol. The van der Waals surface area contributed by atoms with Crippen molar-refractivity contribution in [3.8, 4) is 0 Å². The van der Waals surface area contributed by atoms with Crippen LogP contribution in [0.25, 0.3) is 6.08 Å². The molecule has 2 N–H and O–H groups in total. The fourth-order valence-electron chi connectivity index (χ4n) is 4.02. The van der Waals surface area contributed by atoms with Crippen molar-refractivity contribution in [2.24, 2.45) is 5.92 Å². The molecule has 0 bridgehead atoms. The minimum absolute atomic E-state index is 0.379. The van der Waals surface area contributed by atoms with Crippen LogP contribution >= 0.6 is 0 Å². The molecule has 154 valence electrons. The Bertz CT molecular complexity index is 816. The molecule has 1 aromatic heterocycles. The van der Waals surface area contributed by atoms with Crippen LogP contribution in [-0.2, 0) is 16.0 Å². The van der Waals surface area contributed by atoms with Gasteiger partial charge in [0.1, 0.15) is 0 Å². The largest absolute Gasteiger partial charge is 0.385 e. The molecule has 0 saturated carbocycles. The number of methoxy groups -OCH3 is 1. The Morgan fingerprint density at radius 1 is 1.17 bits per heavy atom. The van der Waals surface area contributed by atoms with Gasteiger partial charge in [0.15, 0.2) is 0 Å². The molecule has 4 rings (SSSR count). The van der Waals surface area contributed by atoms with Crippen LogP contribution in [0.1, 0.15) is 42.0 Å². The fraction of sp³-hybridized carbons (Fsp3) is 0.478. The topological polar surface area (TPSA) is 68.3 Å². The lowest BCUT2D eigenvalue weighted by molar-refractivity contribution is 0.0622. The maximum absolute atomic E-state index is 5.52. The molecule has 0 amide bonds. The highest BCUT2D eigenvalue weighted by atomic mass is 16.5. The molecule has 0 radical (unpaired) electrons. The van der Waals surface area contributed by atoms with E-state index < -0.39 is 0 Å². The number of nitrogens with one attached hydrogen (secondary N) is 2. The lowest BCUT2D eigenvalue weighted by atomic mass is 9.85. The van der Waals surface area contributed by atoms with Crippen molar-refractivity contribution in [1.82, 2.24) is 15.3 Å². The van der Waals surface area contributed by atoms with E-state index in [1.807, 2.05) is 6.20 Å². The molecule has 1 aliphatic heterocycles. The van der Waals surface area contributed by atoms with E-state index >= 15 is 0 Å². The van der Waals surface area contributed by atoms with Gasteiger partial charge in [-0.1, -0.05) is 24.3 Å². The van der Waals surface area contributed by atoms with E-state index in [4.69, 9.17) is 14.5 Å². The summed E-state index contributed by atoms with van der Waals surface area (Å²) in [4.78, 5) is 9.36. The van der Waals surface area contributed by atoms with Gasteiger partial charge < -0.3 is 20.1 Å². The van der Waals surface area contributed by atoms with Crippen molar-refractivity contribution in [1.29, 1.82) is 0 Å². The van der Waals surface area contributed by atoms with Crippen molar-refractivity contribution in [2.45, 2.75) is 31.7 Å². The fourth-order valence-corrected chi connectivity index (χ4v) is 4.02. The van der Waals surface area contributed by atoms with Crippen LogP contribution in [0.5, 0.6) is 0 Å². The lowest BCUT2D eigenvalue weighted by Gasteiger charge is -2.26. The van der Waals surface area contributed by atoms with Gasteiger partial charge in [-0.15, -0.1) is 0 Å². The normalized spacial score (nSPS) is 18.7. The molecule has 0 spiro atoms. The second kappa shape index (κ2) is 9.96. The van der Waals surface area contributed by atoms with Gasteiger partial charge in [-0.25, -0.2) is 9.97 Å². The maximum Gasteiger partial charge on any atom is 0.227 e. The molecule has 6 nitrogen and oxygen atoms in total. The van der Waals surface area contributed by atoms with Gasteiger partial charge in [-0.2, -0.15) is 0 Å². The number of hydrogen-bond donors (Lipinski definition) is 2. The quantitative estimate of drug-likeness (QED) is 0.629. The molecule has 1 atom stereocenters. The van der Waals surface area contributed by atoms with E-state index in [0.717, 1.165) is 69.1 Å². The van der Waals surface area contributed by atoms with Crippen LogP contribution in [0.15, 0.2) is 36.5 Å². The van der Waals surface area contributed by atoms with E-state index in [1.54, 1.807) is 7.11 Å². The Morgan fingerprint density at radius 2 is 2.00 bits per heavy atom. The first kappa shape index (κ1) is 20.0. The van der Waals surface area contributed by atoms with Gasteiger partial charge in [0.2, 0.25) is 5.95 Å². The third kappa shape index (κ3) is 5.21. The smallest absolute Gasteiger partial charge is 0.227 e. The summed E-state index contributed by atoms with van der Waals surface area (Å²) in [5.74, 6) is 1.65. The highest BCUT2D eigenvalue weighted by molar-refractivity contribution is 5.62. The zero-order valence-corrected chi connectivity index (χ0v) is 17.1. The Labute approximate surface area is 172 Å². The first-order chi connectivity index (χ1) is 14.3. The highest BCUT2D eigenvalue weighted by Crippen LogP contribution is 2.38. The Kier molecular flexibility index (Phi) is 6.87. The molecular weight excluding hydrogens is 364 g/mol. The van der Waals surface area contributed by atoms with Crippen LogP contribution in [0.3, 0.4) is 0 Å². The van der Waals surface area contributed by atoms with Crippen LogP contribution < -0.4 is 10.6 Å². The molecule has 1 saturated heterocycles. The molecule has 1 fully saturated rings. The number of benzene rings is 1. The van der Waals surface area contributed by atoms with E-state index in [1.165, 1.54) is 5.56 Å². The number of hydrogen-bond acceptors (Lipinski definition) is 6. The molecule has 2 aromatic rings. The van der Waals surface area contributed by atoms with Crippen molar-refractivity contribution in [3.63, 3.8) is 0 Å². The van der Waals surface area contributed by atoms with Gasteiger partial charge in [0.05, 0.1) is 5.69 Å². The number of fused-ring (bicyclic) bond motifs is 1. The number of aromatic nitrogens is 2. The third-order valence-electron chi connectivity index (χ3n) is 5.66. The first-order valence-electron chi connectivity index (χ1n) is 10.5. The van der Waals surface area contributed by atoms with Crippen molar-refractivity contribution in [2.75, 3.05) is 38.8 Å². The van der Waals surface area contributed by atoms with Crippen molar-refractivity contribution >= 4 is 17.7 Å². The molecule has 1 aliphatic carbocycles.